The van der Waals surface area contributed by atoms with Crippen molar-refractivity contribution in [3.05, 3.63) is 0 Å². The molecule has 4 atom stereocenters. The summed E-state index contributed by atoms with van der Waals surface area (Å²) in [6.07, 6.45) is 1.37. The molecular weight excluding hydrogens is 212 g/mol. The summed E-state index contributed by atoms with van der Waals surface area (Å²) in [7, 11) is 1.34. The molecule has 0 aliphatic carbocycles. The summed E-state index contributed by atoms with van der Waals surface area (Å²) >= 11 is 0. The molecule has 88 valence electrons. The van der Waals surface area contributed by atoms with E-state index in [0.717, 1.165) is 12.8 Å². The summed E-state index contributed by atoms with van der Waals surface area (Å²) in [6.45, 7) is 2.03. The van der Waals surface area contributed by atoms with Crippen LogP contribution in [0.5, 0.6) is 0 Å². The molecule has 16 heavy (non-hydrogen) atoms. The van der Waals surface area contributed by atoms with Crippen LogP contribution in [0.4, 0.5) is 0 Å². The van der Waals surface area contributed by atoms with E-state index in [2.05, 4.69) is 0 Å². The van der Waals surface area contributed by atoms with Gasteiger partial charge in [0.05, 0.1) is 13.2 Å². The highest BCUT2D eigenvalue weighted by molar-refractivity contribution is 5.89. The third-order valence-corrected chi connectivity index (χ3v) is 4.32. The quantitative estimate of drug-likeness (QED) is 0.600. The summed E-state index contributed by atoms with van der Waals surface area (Å²) in [4.78, 5) is 23.7. The van der Waals surface area contributed by atoms with Crippen LogP contribution in [-0.2, 0) is 23.8 Å². The van der Waals surface area contributed by atoms with Crippen molar-refractivity contribution in [1.29, 1.82) is 0 Å². The molecule has 3 fully saturated rings. The number of carbonyl (C=O) groups excluding carboxylic acids is 2. The highest BCUT2D eigenvalue weighted by atomic mass is 16.6. The SMILES string of the molecule is COC(=O)C1(C)C2CCC3(COC(=O)C31)O2. The lowest BCUT2D eigenvalue weighted by Gasteiger charge is -2.33. The molecule has 3 heterocycles. The second kappa shape index (κ2) is 2.77. The molecule has 0 N–H and O–H groups in total. The third-order valence-electron chi connectivity index (χ3n) is 4.32. The zero-order valence-electron chi connectivity index (χ0n) is 9.32. The first-order valence-electron chi connectivity index (χ1n) is 5.47. The number of ether oxygens (including phenoxy) is 3. The van der Waals surface area contributed by atoms with Crippen LogP contribution in [0.2, 0.25) is 0 Å². The molecule has 0 radical (unpaired) electrons. The van der Waals surface area contributed by atoms with E-state index in [-0.39, 0.29) is 24.6 Å². The fourth-order valence-electron chi connectivity index (χ4n) is 3.54. The highest BCUT2D eigenvalue weighted by Crippen LogP contribution is 2.61. The van der Waals surface area contributed by atoms with Gasteiger partial charge in [-0.1, -0.05) is 0 Å². The Labute approximate surface area is 93.0 Å². The average molecular weight is 226 g/mol. The Balaban J connectivity index is 2.08. The molecule has 3 aliphatic rings. The highest BCUT2D eigenvalue weighted by Gasteiger charge is 2.74. The molecule has 1 spiro atoms. The topological polar surface area (TPSA) is 61.8 Å². The lowest BCUT2D eigenvalue weighted by atomic mass is 9.63. The summed E-state index contributed by atoms with van der Waals surface area (Å²) in [6, 6.07) is 0. The van der Waals surface area contributed by atoms with Gasteiger partial charge in [0.25, 0.3) is 0 Å². The number of carbonyl (C=O) groups is 2. The first kappa shape index (κ1) is 10.1. The minimum atomic E-state index is -0.874. The number of rotatable bonds is 1. The van der Waals surface area contributed by atoms with Crippen molar-refractivity contribution in [2.24, 2.45) is 11.3 Å². The van der Waals surface area contributed by atoms with Crippen LogP contribution >= 0.6 is 0 Å². The Morgan fingerprint density at radius 1 is 1.56 bits per heavy atom. The maximum atomic E-state index is 11.9. The average Bonchev–Trinajstić information content (AvgIpc) is 2.90. The van der Waals surface area contributed by atoms with Gasteiger partial charge in [-0.15, -0.1) is 0 Å². The smallest absolute Gasteiger partial charge is 0.315 e. The minimum absolute atomic E-state index is 0.210. The Hall–Kier alpha value is -1.10. The van der Waals surface area contributed by atoms with Gasteiger partial charge < -0.3 is 14.2 Å². The molecule has 0 aromatic carbocycles. The number of esters is 2. The molecule has 3 saturated heterocycles. The minimum Gasteiger partial charge on any atom is -0.469 e. The molecule has 3 aliphatic heterocycles. The van der Waals surface area contributed by atoms with Crippen LogP contribution in [-0.4, -0.2) is 37.4 Å². The molecule has 0 saturated carbocycles. The van der Waals surface area contributed by atoms with Gasteiger partial charge >= 0.3 is 11.9 Å². The van der Waals surface area contributed by atoms with Crippen molar-refractivity contribution < 1.29 is 23.8 Å². The zero-order chi connectivity index (χ0) is 11.6. The van der Waals surface area contributed by atoms with E-state index in [1.54, 1.807) is 6.92 Å². The fraction of sp³-hybridized carbons (Fsp3) is 0.818. The van der Waals surface area contributed by atoms with E-state index in [0.29, 0.717) is 0 Å². The molecule has 5 nitrogen and oxygen atoms in total. The number of hydrogen-bond acceptors (Lipinski definition) is 5. The normalized spacial score (nSPS) is 49.0. The number of cyclic esters (lactones) is 1. The standard InChI is InChI=1S/C11H14O5/c1-10(9(13)14-2)6-3-4-11(16-6)5-15-8(12)7(10)11/h6-7H,3-5H2,1-2H3. The molecule has 0 aromatic rings. The predicted octanol–water partition coefficient (Wildman–Crippen LogP) is 0.270. The lowest BCUT2D eigenvalue weighted by Crippen LogP contribution is -2.49. The maximum Gasteiger partial charge on any atom is 0.315 e. The summed E-state index contributed by atoms with van der Waals surface area (Å²) in [5.41, 5.74) is -1.44. The van der Waals surface area contributed by atoms with Crippen LogP contribution in [0.3, 0.4) is 0 Å². The summed E-state index contributed by atoms with van der Waals surface area (Å²) in [5.74, 6) is -1.19. The van der Waals surface area contributed by atoms with E-state index in [9.17, 15) is 9.59 Å². The van der Waals surface area contributed by atoms with Gasteiger partial charge in [0.15, 0.2) is 0 Å². The summed E-state index contributed by atoms with van der Waals surface area (Å²) in [5, 5.41) is 0. The van der Waals surface area contributed by atoms with E-state index < -0.39 is 16.9 Å². The van der Waals surface area contributed by atoms with Gasteiger partial charge in [-0.3, -0.25) is 9.59 Å². The van der Waals surface area contributed by atoms with Crippen molar-refractivity contribution in [2.75, 3.05) is 13.7 Å². The summed E-state index contributed by atoms with van der Waals surface area (Å²) < 4.78 is 15.7. The molecule has 2 bridgehead atoms. The molecular formula is C11H14O5. The van der Waals surface area contributed by atoms with Crippen LogP contribution in [0.15, 0.2) is 0 Å². The first-order chi connectivity index (χ1) is 7.54. The van der Waals surface area contributed by atoms with Crippen LogP contribution < -0.4 is 0 Å². The maximum absolute atomic E-state index is 11.9. The Kier molecular flexibility index (Phi) is 1.74. The van der Waals surface area contributed by atoms with E-state index in [1.165, 1.54) is 7.11 Å². The number of hydrogen-bond donors (Lipinski definition) is 0. The third kappa shape index (κ3) is 0.867. The van der Waals surface area contributed by atoms with Crippen molar-refractivity contribution in [3.63, 3.8) is 0 Å². The van der Waals surface area contributed by atoms with Gasteiger partial charge in [-0.2, -0.15) is 0 Å². The van der Waals surface area contributed by atoms with Crippen molar-refractivity contribution in [1.82, 2.24) is 0 Å². The van der Waals surface area contributed by atoms with Gasteiger partial charge in [-0.25, -0.2) is 0 Å². The lowest BCUT2D eigenvalue weighted by molar-refractivity contribution is -0.164. The Morgan fingerprint density at radius 2 is 2.31 bits per heavy atom. The van der Waals surface area contributed by atoms with Gasteiger partial charge in [-0.05, 0) is 19.8 Å². The number of methoxy groups -OCH3 is 1. The molecule has 0 aromatic heterocycles. The first-order valence-corrected chi connectivity index (χ1v) is 5.47. The van der Waals surface area contributed by atoms with Crippen molar-refractivity contribution in [2.45, 2.75) is 31.5 Å². The van der Waals surface area contributed by atoms with Crippen LogP contribution in [0, 0.1) is 11.3 Å². The predicted molar refractivity (Wildman–Crippen MR) is 51.4 cm³/mol. The van der Waals surface area contributed by atoms with E-state index in [1.807, 2.05) is 0 Å². The number of fused-ring (bicyclic) bond motifs is 1. The van der Waals surface area contributed by atoms with Gasteiger partial charge in [0.1, 0.15) is 23.5 Å². The van der Waals surface area contributed by atoms with E-state index in [4.69, 9.17) is 14.2 Å². The molecule has 5 heteroatoms. The molecule has 3 rings (SSSR count). The second-order valence-corrected chi connectivity index (χ2v) is 5.02. The van der Waals surface area contributed by atoms with Crippen LogP contribution in [0.1, 0.15) is 19.8 Å². The largest absolute Gasteiger partial charge is 0.469 e. The van der Waals surface area contributed by atoms with Gasteiger partial charge in [0.2, 0.25) is 0 Å². The Bertz CT molecular complexity index is 379. The fourth-order valence-corrected chi connectivity index (χ4v) is 3.54. The van der Waals surface area contributed by atoms with Crippen molar-refractivity contribution in [3.8, 4) is 0 Å². The van der Waals surface area contributed by atoms with Crippen LogP contribution in [0.25, 0.3) is 0 Å². The monoisotopic (exact) mass is 226 g/mol. The van der Waals surface area contributed by atoms with Gasteiger partial charge in [0, 0.05) is 0 Å². The van der Waals surface area contributed by atoms with Crippen molar-refractivity contribution >= 4 is 11.9 Å². The second-order valence-electron chi connectivity index (χ2n) is 5.02. The van der Waals surface area contributed by atoms with E-state index >= 15 is 0 Å². The molecule has 4 unspecified atom stereocenters. The Morgan fingerprint density at radius 3 is 3.00 bits per heavy atom. The molecule has 0 amide bonds. The zero-order valence-corrected chi connectivity index (χ0v) is 9.32.